The van der Waals surface area contributed by atoms with Crippen LogP contribution in [0.1, 0.15) is 32.5 Å². The molecule has 2 amide bonds. The number of benzene rings is 2. The fourth-order valence-electron chi connectivity index (χ4n) is 3.48. The van der Waals surface area contributed by atoms with Crippen molar-refractivity contribution in [3.8, 4) is 0 Å². The van der Waals surface area contributed by atoms with Gasteiger partial charge in [0.25, 0.3) is 5.91 Å². The summed E-state index contributed by atoms with van der Waals surface area (Å²) in [6, 6.07) is 27.4. The molecule has 6 heteroatoms. The fourth-order valence-corrected chi connectivity index (χ4v) is 4.18. The van der Waals surface area contributed by atoms with Gasteiger partial charge in [-0.05, 0) is 34.7 Å². The number of hydrogen-bond donors (Lipinski definition) is 1. The van der Waals surface area contributed by atoms with Crippen LogP contribution in [0, 0.1) is 0 Å². The summed E-state index contributed by atoms with van der Waals surface area (Å²) in [4.78, 5) is 33.9. The predicted octanol–water partition coefficient (Wildman–Crippen LogP) is 4.84. The topological polar surface area (TPSA) is 62.3 Å². The standard InChI is InChI=1S/C26H23N3O2S/c30-25(28-18-20-10-3-1-4-11-20)24(21-12-5-2-6-13-21)29(19-22-14-9-17-32-22)26(31)23-15-7-8-16-27-23/h1-17,24H,18-19H2,(H,28,30)/t24-/m1/s1. The highest BCUT2D eigenvalue weighted by Gasteiger charge is 2.32. The largest absolute Gasteiger partial charge is 0.350 e. The molecule has 0 fully saturated rings. The molecule has 0 spiro atoms. The molecule has 4 rings (SSSR count). The number of nitrogens with zero attached hydrogens (tertiary/aromatic N) is 2. The summed E-state index contributed by atoms with van der Waals surface area (Å²) in [6.45, 7) is 0.693. The number of rotatable bonds is 8. The van der Waals surface area contributed by atoms with E-state index in [0.717, 1.165) is 16.0 Å². The maximum absolute atomic E-state index is 13.6. The Morgan fingerprint density at radius 1 is 0.875 bits per heavy atom. The van der Waals surface area contributed by atoms with Gasteiger partial charge in [-0.2, -0.15) is 0 Å². The Morgan fingerprint density at radius 2 is 1.59 bits per heavy atom. The lowest BCUT2D eigenvalue weighted by molar-refractivity contribution is -0.126. The highest BCUT2D eigenvalue weighted by Crippen LogP contribution is 2.26. The van der Waals surface area contributed by atoms with E-state index in [9.17, 15) is 9.59 Å². The molecule has 0 saturated carbocycles. The monoisotopic (exact) mass is 441 g/mol. The van der Waals surface area contributed by atoms with Crippen LogP contribution in [0.5, 0.6) is 0 Å². The van der Waals surface area contributed by atoms with Gasteiger partial charge in [0.15, 0.2) is 0 Å². The van der Waals surface area contributed by atoms with Crippen LogP contribution in [0.2, 0.25) is 0 Å². The Hall–Kier alpha value is -3.77. The zero-order valence-corrected chi connectivity index (χ0v) is 18.2. The van der Waals surface area contributed by atoms with Crippen LogP contribution in [0.3, 0.4) is 0 Å². The summed E-state index contributed by atoms with van der Waals surface area (Å²) in [5, 5.41) is 4.98. The molecular formula is C26H23N3O2S. The SMILES string of the molecule is O=C(NCc1ccccc1)[C@@H](c1ccccc1)N(Cc1cccs1)C(=O)c1ccccn1. The van der Waals surface area contributed by atoms with Crippen LogP contribution in [-0.2, 0) is 17.9 Å². The van der Waals surface area contributed by atoms with Crippen molar-refractivity contribution in [3.05, 3.63) is 124 Å². The van der Waals surface area contributed by atoms with Crippen molar-refractivity contribution in [1.82, 2.24) is 15.2 Å². The second-order valence-corrected chi connectivity index (χ2v) is 8.28. The molecule has 2 aromatic carbocycles. The zero-order chi connectivity index (χ0) is 22.2. The molecule has 0 unspecified atom stereocenters. The van der Waals surface area contributed by atoms with E-state index in [0.29, 0.717) is 18.8 Å². The first-order valence-electron chi connectivity index (χ1n) is 10.3. The number of aromatic nitrogens is 1. The summed E-state index contributed by atoms with van der Waals surface area (Å²) in [5.74, 6) is -0.524. The van der Waals surface area contributed by atoms with Crippen molar-refractivity contribution in [2.75, 3.05) is 0 Å². The van der Waals surface area contributed by atoms with E-state index in [1.165, 1.54) is 0 Å². The second-order valence-electron chi connectivity index (χ2n) is 7.24. The molecule has 0 aliphatic carbocycles. The number of carbonyl (C=O) groups is 2. The minimum atomic E-state index is -0.795. The molecule has 160 valence electrons. The van der Waals surface area contributed by atoms with Gasteiger partial charge in [-0.25, -0.2) is 0 Å². The van der Waals surface area contributed by atoms with Crippen molar-refractivity contribution in [2.45, 2.75) is 19.1 Å². The smallest absolute Gasteiger partial charge is 0.273 e. The van der Waals surface area contributed by atoms with Crippen molar-refractivity contribution in [3.63, 3.8) is 0 Å². The van der Waals surface area contributed by atoms with Gasteiger partial charge in [0, 0.05) is 17.6 Å². The summed E-state index contributed by atoms with van der Waals surface area (Å²) in [6.07, 6.45) is 1.59. The minimum Gasteiger partial charge on any atom is -0.350 e. The summed E-state index contributed by atoms with van der Waals surface area (Å²) in [5.41, 5.74) is 2.05. The van der Waals surface area contributed by atoms with E-state index in [1.54, 1.807) is 40.6 Å². The quantitative estimate of drug-likeness (QED) is 0.425. The molecule has 2 aromatic heterocycles. The van der Waals surface area contributed by atoms with Crippen molar-refractivity contribution < 1.29 is 9.59 Å². The van der Waals surface area contributed by atoms with Gasteiger partial charge in [-0.15, -0.1) is 11.3 Å². The summed E-state index contributed by atoms with van der Waals surface area (Å²) < 4.78 is 0. The average molecular weight is 442 g/mol. The van der Waals surface area contributed by atoms with Crippen LogP contribution in [0.25, 0.3) is 0 Å². The Labute approximate surface area is 191 Å². The molecular weight excluding hydrogens is 418 g/mol. The number of hydrogen-bond acceptors (Lipinski definition) is 4. The van der Waals surface area contributed by atoms with Crippen LogP contribution >= 0.6 is 11.3 Å². The van der Waals surface area contributed by atoms with Gasteiger partial charge in [-0.1, -0.05) is 72.8 Å². The van der Waals surface area contributed by atoms with E-state index < -0.39 is 6.04 Å². The van der Waals surface area contributed by atoms with Crippen molar-refractivity contribution in [2.24, 2.45) is 0 Å². The molecule has 1 atom stereocenters. The van der Waals surface area contributed by atoms with Crippen LogP contribution in [0.15, 0.2) is 103 Å². The molecule has 0 saturated heterocycles. The number of carbonyl (C=O) groups excluding carboxylic acids is 2. The first-order chi connectivity index (χ1) is 15.7. The van der Waals surface area contributed by atoms with Crippen LogP contribution in [-0.4, -0.2) is 21.7 Å². The van der Waals surface area contributed by atoms with E-state index in [-0.39, 0.29) is 11.8 Å². The fraction of sp³-hybridized carbons (Fsp3) is 0.115. The van der Waals surface area contributed by atoms with E-state index in [4.69, 9.17) is 0 Å². The first-order valence-corrected chi connectivity index (χ1v) is 11.2. The van der Waals surface area contributed by atoms with Crippen LogP contribution in [0.4, 0.5) is 0 Å². The van der Waals surface area contributed by atoms with Crippen molar-refractivity contribution in [1.29, 1.82) is 0 Å². The lowest BCUT2D eigenvalue weighted by atomic mass is 10.0. The molecule has 32 heavy (non-hydrogen) atoms. The predicted molar refractivity (Wildman–Crippen MR) is 126 cm³/mol. The van der Waals surface area contributed by atoms with Gasteiger partial charge < -0.3 is 10.2 Å². The van der Waals surface area contributed by atoms with E-state index in [1.807, 2.05) is 78.2 Å². The maximum atomic E-state index is 13.6. The molecule has 1 N–H and O–H groups in total. The lowest BCUT2D eigenvalue weighted by Gasteiger charge is -2.31. The first kappa shape index (κ1) is 21.5. The number of thiophene rings is 1. The maximum Gasteiger partial charge on any atom is 0.273 e. The van der Waals surface area contributed by atoms with Crippen molar-refractivity contribution >= 4 is 23.2 Å². The van der Waals surface area contributed by atoms with Crippen LogP contribution < -0.4 is 5.32 Å². The number of nitrogens with one attached hydrogen (secondary N) is 1. The third kappa shape index (κ3) is 5.28. The van der Waals surface area contributed by atoms with Gasteiger partial charge in [-0.3, -0.25) is 14.6 Å². The third-order valence-electron chi connectivity index (χ3n) is 5.04. The average Bonchev–Trinajstić information content (AvgIpc) is 3.37. The molecule has 0 aliphatic rings. The minimum absolute atomic E-state index is 0.235. The summed E-state index contributed by atoms with van der Waals surface area (Å²) in [7, 11) is 0. The van der Waals surface area contributed by atoms with Gasteiger partial charge >= 0.3 is 0 Å². The molecule has 0 aliphatic heterocycles. The number of amides is 2. The highest BCUT2D eigenvalue weighted by molar-refractivity contribution is 7.09. The Kier molecular flexibility index (Phi) is 7.05. The van der Waals surface area contributed by atoms with Gasteiger partial charge in [0.2, 0.25) is 5.91 Å². The Balaban J connectivity index is 1.68. The van der Waals surface area contributed by atoms with E-state index >= 15 is 0 Å². The van der Waals surface area contributed by atoms with Gasteiger partial charge in [0.1, 0.15) is 11.7 Å². The third-order valence-corrected chi connectivity index (χ3v) is 5.90. The molecule has 0 radical (unpaired) electrons. The lowest BCUT2D eigenvalue weighted by Crippen LogP contribution is -2.43. The number of pyridine rings is 1. The highest BCUT2D eigenvalue weighted by atomic mass is 32.1. The molecule has 5 nitrogen and oxygen atoms in total. The Bertz CT molecular complexity index is 1130. The second kappa shape index (κ2) is 10.5. The van der Waals surface area contributed by atoms with E-state index in [2.05, 4.69) is 10.3 Å². The molecule has 2 heterocycles. The van der Waals surface area contributed by atoms with Gasteiger partial charge in [0.05, 0.1) is 6.54 Å². The summed E-state index contributed by atoms with van der Waals surface area (Å²) >= 11 is 1.55. The Morgan fingerprint density at radius 3 is 2.25 bits per heavy atom. The normalized spacial score (nSPS) is 11.5. The molecule has 0 bridgehead atoms. The zero-order valence-electron chi connectivity index (χ0n) is 17.4. The molecule has 4 aromatic rings.